The molecule has 1 aliphatic carbocycles. The van der Waals surface area contributed by atoms with Crippen molar-refractivity contribution in [1.29, 1.82) is 0 Å². The number of oxime groups is 1. The van der Waals surface area contributed by atoms with Gasteiger partial charge in [-0.3, -0.25) is 9.59 Å². The number of ketones is 2. The zero-order valence-corrected chi connectivity index (χ0v) is 16.2. The van der Waals surface area contributed by atoms with E-state index in [1.54, 1.807) is 13.8 Å². The number of carbonyl (C=O) groups is 2. The monoisotopic (exact) mass is 391 g/mol. The molecule has 0 spiro atoms. The number of rotatable bonds is 3. The van der Waals surface area contributed by atoms with Crippen LogP contribution >= 0.6 is 0 Å². The highest BCUT2D eigenvalue weighted by molar-refractivity contribution is 7.90. The van der Waals surface area contributed by atoms with E-state index in [1.165, 1.54) is 12.1 Å². The standard InChI is InChI=1S/C19H21NO6S/c1-10-9-15(26-20-10)17-11(2)12(7-8-16(17)27(3,24)25)19(23)18-13(21)5-4-6-14(18)22/h7-8,15,23H,4-6,9H2,1-3H3. The van der Waals surface area contributed by atoms with Crippen molar-refractivity contribution in [3.63, 3.8) is 0 Å². The van der Waals surface area contributed by atoms with E-state index < -0.39 is 33.3 Å². The van der Waals surface area contributed by atoms with Gasteiger partial charge in [-0.25, -0.2) is 8.42 Å². The molecule has 144 valence electrons. The van der Waals surface area contributed by atoms with Gasteiger partial charge < -0.3 is 9.94 Å². The molecule has 1 atom stereocenters. The van der Waals surface area contributed by atoms with Crippen molar-refractivity contribution in [3.05, 3.63) is 34.4 Å². The van der Waals surface area contributed by atoms with Crippen LogP contribution in [0.15, 0.2) is 27.8 Å². The number of nitrogens with zero attached hydrogens (tertiary/aromatic N) is 1. The molecular formula is C19H21NO6S. The van der Waals surface area contributed by atoms with Gasteiger partial charge in [0.05, 0.1) is 10.6 Å². The van der Waals surface area contributed by atoms with Crippen molar-refractivity contribution in [2.45, 2.75) is 50.5 Å². The van der Waals surface area contributed by atoms with E-state index in [4.69, 9.17) is 4.84 Å². The predicted molar refractivity (Wildman–Crippen MR) is 99.3 cm³/mol. The number of hydrogen-bond donors (Lipinski definition) is 1. The average Bonchev–Trinajstić information content (AvgIpc) is 2.99. The Morgan fingerprint density at radius 3 is 2.33 bits per heavy atom. The number of allylic oxidation sites excluding steroid dienone is 1. The lowest BCUT2D eigenvalue weighted by Gasteiger charge is -2.20. The first-order valence-corrected chi connectivity index (χ1v) is 10.5. The molecule has 2 aliphatic rings. The van der Waals surface area contributed by atoms with Crippen molar-refractivity contribution in [2.24, 2.45) is 5.16 Å². The van der Waals surface area contributed by atoms with Gasteiger partial charge in [0.15, 0.2) is 27.5 Å². The molecule has 27 heavy (non-hydrogen) atoms. The van der Waals surface area contributed by atoms with Crippen LogP contribution in [0.2, 0.25) is 0 Å². The summed E-state index contributed by atoms with van der Waals surface area (Å²) in [7, 11) is -3.56. The highest BCUT2D eigenvalue weighted by Crippen LogP contribution is 2.38. The molecular weight excluding hydrogens is 370 g/mol. The molecule has 3 rings (SSSR count). The fourth-order valence-electron chi connectivity index (χ4n) is 3.55. The van der Waals surface area contributed by atoms with Crippen molar-refractivity contribution >= 4 is 32.9 Å². The number of carbonyl (C=O) groups excluding carboxylic acids is 2. The third-order valence-electron chi connectivity index (χ3n) is 4.87. The van der Waals surface area contributed by atoms with Crippen LogP contribution in [-0.4, -0.2) is 37.1 Å². The van der Waals surface area contributed by atoms with Crippen LogP contribution in [-0.2, 0) is 24.3 Å². The molecule has 1 fully saturated rings. The van der Waals surface area contributed by atoms with Gasteiger partial charge in [0.25, 0.3) is 0 Å². The Labute approximate surface area is 157 Å². The molecule has 0 bridgehead atoms. The molecule has 1 N–H and O–H groups in total. The van der Waals surface area contributed by atoms with Crippen LogP contribution in [0.25, 0.3) is 5.76 Å². The summed E-state index contributed by atoms with van der Waals surface area (Å²) < 4.78 is 24.5. The van der Waals surface area contributed by atoms with Crippen LogP contribution < -0.4 is 0 Å². The molecule has 0 radical (unpaired) electrons. The molecule has 1 aromatic rings. The van der Waals surface area contributed by atoms with Crippen LogP contribution in [0.4, 0.5) is 0 Å². The average molecular weight is 391 g/mol. The van der Waals surface area contributed by atoms with Crippen molar-refractivity contribution in [3.8, 4) is 0 Å². The van der Waals surface area contributed by atoms with Crippen LogP contribution in [0.1, 0.15) is 55.4 Å². The SMILES string of the molecule is CC1=NOC(c2c(S(C)(=O)=O)ccc(C(O)=C3C(=O)CCCC3=O)c2C)C1. The van der Waals surface area contributed by atoms with E-state index in [0.29, 0.717) is 24.0 Å². The van der Waals surface area contributed by atoms with Gasteiger partial charge in [-0.2, -0.15) is 0 Å². The van der Waals surface area contributed by atoms with E-state index in [2.05, 4.69) is 5.16 Å². The molecule has 0 aromatic heterocycles. The summed E-state index contributed by atoms with van der Waals surface area (Å²) in [6.45, 7) is 3.42. The van der Waals surface area contributed by atoms with Gasteiger partial charge >= 0.3 is 0 Å². The fourth-order valence-corrected chi connectivity index (χ4v) is 4.55. The molecule has 1 aliphatic heterocycles. The predicted octanol–water partition coefficient (Wildman–Crippen LogP) is 2.83. The lowest BCUT2D eigenvalue weighted by atomic mass is 9.87. The molecule has 8 heteroatoms. The Morgan fingerprint density at radius 1 is 1.19 bits per heavy atom. The minimum absolute atomic E-state index is 0.0812. The highest BCUT2D eigenvalue weighted by atomic mass is 32.2. The number of aliphatic hydroxyl groups excluding tert-OH is 1. The van der Waals surface area contributed by atoms with E-state index in [9.17, 15) is 23.1 Å². The third kappa shape index (κ3) is 3.53. The summed E-state index contributed by atoms with van der Waals surface area (Å²) in [5.41, 5.74) is 1.61. The van der Waals surface area contributed by atoms with Crippen molar-refractivity contribution in [2.75, 3.05) is 6.26 Å². The normalized spacial score (nSPS) is 20.5. The van der Waals surface area contributed by atoms with Gasteiger partial charge in [0, 0.05) is 36.6 Å². The lowest BCUT2D eigenvalue weighted by Crippen LogP contribution is -2.21. The van der Waals surface area contributed by atoms with Crippen LogP contribution in [0.5, 0.6) is 0 Å². The molecule has 1 saturated carbocycles. The number of Topliss-reactive ketones (excluding diaryl/α,β-unsaturated/α-hetero) is 2. The second kappa shape index (κ2) is 6.92. The first-order valence-electron chi connectivity index (χ1n) is 8.64. The van der Waals surface area contributed by atoms with Crippen molar-refractivity contribution < 1.29 is 28.0 Å². The zero-order chi connectivity index (χ0) is 19.9. The second-order valence-corrected chi connectivity index (χ2v) is 8.95. The fraction of sp³-hybridized carbons (Fsp3) is 0.421. The maximum Gasteiger partial charge on any atom is 0.175 e. The van der Waals surface area contributed by atoms with E-state index in [1.807, 2.05) is 0 Å². The number of sulfone groups is 1. The summed E-state index contributed by atoms with van der Waals surface area (Å²) in [5.74, 6) is -1.19. The Hall–Kier alpha value is -2.48. The van der Waals surface area contributed by atoms with E-state index >= 15 is 0 Å². The second-order valence-electron chi connectivity index (χ2n) is 6.97. The Morgan fingerprint density at radius 2 is 1.81 bits per heavy atom. The number of aliphatic hydroxyl groups is 1. The van der Waals surface area contributed by atoms with Gasteiger partial charge in [-0.15, -0.1) is 0 Å². The van der Waals surface area contributed by atoms with Crippen LogP contribution in [0, 0.1) is 6.92 Å². The Bertz CT molecular complexity index is 985. The maximum atomic E-state index is 12.3. The van der Waals surface area contributed by atoms with Gasteiger partial charge in [0.2, 0.25) is 0 Å². The zero-order valence-electron chi connectivity index (χ0n) is 15.4. The van der Waals surface area contributed by atoms with Crippen molar-refractivity contribution in [1.82, 2.24) is 0 Å². The molecule has 1 unspecified atom stereocenters. The van der Waals surface area contributed by atoms with E-state index in [0.717, 1.165) is 12.0 Å². The van der Waals surface area contributed by atoms with Gasteiger partial charge in [-0.1, -0.05) is 5.16 Å². The Kier molecular flexibility index (Phi) is 4.94. The number of hydrogen-bond acceptors (Lipinski definition) is 7. The third-order valence-corrected chi connectivity index (χ3v) is 6.03. The molecule has 0 amide bonds. The summed E-state index contributed by atoms with van der Waals surface area (Å²) >= 11 is 0. The first kappa shape index (κ1) is 19.3. The summed E-state index contributed by atoms with van der Waals surface area (Å²) in [6, 6.07) is 2.80. The molecule has 0 saturated heterocycles. The maximum absolute atomic E-state index is 12.3. The summed E-state index contributed by atoms with van der Waals surface area (Å²) in [5, 5.41) is 14.6. The van der Waals surface area contributed by atoms with Crippen LogP contribution in [0.3, 0.4) is 0 Å². The largest absolute Gasteiger partial charge is 0.506 e. The summed E-state index contributed by atoms with van der Waals surface area (Å²) in [4.78, 5) is 29.8. The first-order chi connectivity index (χ1) is 12.6. The smallest absolute Gasteiger partial charge is 0.175 e. The van der Waals surface area contributed by atoms with Gasteiger partial charge in [0.1, 0.15) is 11.3 Å². The highest BCUT2D eigenvalue weighted by Gasteiger charge is 2.32. The van der Waals surface area contributed by atoms with E-state index in [-0.39, 0.29) is 28.9 Å². The minimum atomic E-state index is -3.56. The minimum Gasteiger partial charge on any atom is -0.506 e. The number of benzene rings is 1. The van der Waals surface area contributed by atoms with Gasteiger partial charge in [-0.05, 0) is 38.0 Å². The quantitative estimate of drug-likeness (QED) is 0.482. The molecule has 7 nitrogen and oxygen atoms in total. The topological polar surface area (TPSA) is 110 Å². The summed E-state index contributed by atoms with van der Waals surface area (Å²) in [6.07, 6.45) is 1.79. The molecule has 1 heterocycles. The molecule has 1 aromatic carbocycles. The lowest BCUT2D eigenvalue weighted by molar-refractivity contribution is -0.123. The Balaban J connectivity index is 2.22.